The molecule has 0 bridgehead atoms. The van der Waals surface area contributed by atoms with Gasteiger partial charge in [0.1, 0.15) is 18.4 Å². The summed E-state index contributed by atoms with van der Waals surface area (Å²) < 4.78 is 42.6. The van der Waals surface area contributed by atoms with Gasteiger partial charge in [-0.05, 0) is 73.5 Å². The highest BCUT2D eigenvalue weighted by Gasteiger charge is 2.34. The molecular weight excluding hydrogens is 624 g/mol. The molecule has 0 aliphatic carbocycles. The van der Waals surface area contributed by atoms with E-state index in [4.69, 9.17) is 23.2 Å². The number of carbonyl (C=O) groups is 2. The van der Waals surface area contributed by atoms with E-state index in [1.54, 1.807) is 43.3 Å². The third-order valence-electron chi connectivity index (χ3n) is 6.98. The van der Waals surface area contributed by atoms with Gasteiger partial charge < -0.3 is 10.2 Å². The van der Waals surface area contributed by atoms with Crippen LogP contribution >= 0.6 is 23.2 Å². The molecule has 0 fully saturated rings. The lowest BCUT2D eigenvalue weighted by Crippen LogP contribution is -2.53. The quantitative estimate of drug-likeness (QED) is 0.191. The van der Waals surface area contributed by atoms with E-state index in [0.29, 0.717) is 22.2 Å². The van der Waals surface area contributed by atoms with E-state index in [-0.39, 0.29) is 23.5 Å². The monoisotopic (exact) mass is 655 g/mol. The van der Waals surface area contributed by atoms with Gasteiger partial charge in [0.05, 0.1) is 10.6 Å². The molecule has 44 heavy (non-hydrogen) atoms. The molecule has 4 rings (SSSR count). The lowest BCUT2D eigenvalue weighted by Gasteiger charge is -2.34. The number of nitrogens with one attached hydrogen (secondary N) is 1. The fourth-order valence-electron chi connectivity index (χ4n) is 4.65. The number of rotatable bonds is 12. The zero-order valence-corrected chi connectivity index (χ0v) is 26.5. The molecule has 230 valence electrons. The van der Waals surface area contributed by atoms with E-state index in [2.05, 4.69) is 5.32 Å². The second-order valence-corrected chi connectivity index (χ2v) is 12.9. The molecule has 4 aromatic rings. The van der Waals surface area contributed by atoms with Gasteiger partial charge in [0.2, 0.25) is 11.8 Å². The van der Waals surface area contributed by atoms with Crippen molar-refractivity contribution in [1.82, 2.24) is 10.2 Å². The third kappa shape index (κ3) is 8.16. The highest BCUT2D eigenvalue weighted by molar-refractivity contribution is 7.92. The van der Waals surface area contributed by atoms with Crippen LogP contribution in [-0.2, 0) is 32.6 Å². The zero-order valence-electron chi connectivity index (χ0n) is 24.2. The van der Waals surface area contributed by atoms with Gasteiger partial charge in [0.15, 0.2) is 0 Å². The van der Waals surface area contributed by atoms with Gasteiger partial charge in [0.25, 0.3) is 10.0 Å². The number of sulfonamides is 1. The molecule has 0 spiro atoms. The first kappa shape index (κ1) is 33.0. The predicted octanol–water partition coefficient (Wildman–Crippen LogP) is 6.41. The molecule has 0 aliphatic rings. The van der Waals surface area contributed by atoms with Crippen LogP contribution < -0.4 is 9.62 Å². The summed E-state index contributed by atoms with van der Waals surface area (Å²) in [5.41, 5.74) is 2.45. The van der Waals surface area contributed by atoms with Crippen LogP contribution in [0.5, 0.6) is 0 Å². The Bertz CT molecular complexity index is 1700. The van der Waals surface area contributed by atoms with E-state index >= 15 is 0 Å². The smallest absolute Gasteiger partial charge is 0.264 e. The van der Waals surface area contributed by atoms with E-state index in [9.17, 15) is 22.4 Å². The van der Waals surface area contributed by atoms with E-state index in [0.717, 1.165) is 39.7 Å². The number of amides is 2. The van der Waals surface area contributed by atoms with Crippen LogP contribution in [0, 0.1) is 12.7 Å². The Morgan fingerprint density at radius 2 is 1.57 bits per heavy atom. The van der Waals surface area contributed by atoms with Crippen molar-refractivity contribution in [3.05, 3.63) is 130 Å². The molecular formula is C33H32Cl2FN3O4S. The van der Waals surface area contributed by atoms with Gasteiger partial charge in [0, 0.05) is 29.6 Å². The Labute approximate surface area is 267 Å². The number of benzene rings is 4. The number of aryl methyl sites for hydroxylation is 1. The van der Waals surface area contributed by atoms with Gasteiger partial charge in [-0.2, -0.15) is 0 Å². The number of hydrogen-bond donors (Lipinski definition) is 1. The van der Waals surface area contributed by atoms with Crippen molar-refractivity contribution < 1.29 is 22.4 Å². The average Bonchev–Trinajstić information content (AvgIpc) is 3.00. The average molecular weight is 657 g/mol. The zero-order chi connectivity index (χ0) is 31.9. The second kappa shape index (κ2) is 14.7. The molecule has 0 heterocycles. The molecule has 1 N–H and O–H groups in total. The Morgan fingerprint density at radius 3 is 2.18 bits per heavy atom. The maximum Gasteiger partial charge on any atom is 0.264 e. The molecule has 0 unspecified atom stereocenters. The lowest BCUT2D eigenvalue weighted by molar-refractivity contribution is -0.140. The maximum absolute atomic E-state index is 14.4. The van der Waals surface area contributed by atoms with Gasteiger partial charge in [-0.1, -0.05) is 77.3 Å². The molecule has 0 aliphatic heterocycles. The predicted molar refractivity (Wildman–Crippen MR) is 172 cm³/mol. The molecule has 4 aromatic carbocycles. The number of anilines is 1. The number of likely N-dealkylation sites (N-methyl/N-ethyl adjacent to an activating group) is 1. The van der Waals surface area contributed by atoms with E-state index in [1.165, 1.54) is 11.0 Å². The number of carbonyl (C=O) groups excluding carboxylic acids is 2. The molecule has 0 radical (unpaired) electrons. The molecule has 11 heteroatoms. The van der Waals surface area contributed by atoms with Crippen molar-refractivity contribution in [2.75, 3.05) is 17.4 Å². The van der Waals surface area contributed by atoms with Crippen LogP contribution in [0.1, 0.15) is 23.6 Å². The Kier molecular flexibility index (Phi) is 11.0. The van der Waals surface area contributed by atoms with E-state index < -0.39 is 40.2 Å². The van der Waals surface area contributed by atoms with Crippen molar-refractivity contribution in [2.45, 2.75) is 37.8 Å². The van der Waals surface area contributed by atoms with Crippen molar-refractivity contribution in [1.29, 1.82) is 0 Å². The minimum Gasteiger partial charge on any atom is -0.355 e. The van der Waals surface area contributed by atoms with Crippen LogP contribution in [0.4, 0.5) is 10.1 Å². The van der Waals surface area contributed by atoms with Crippen LogP contribution in [0.3, 0.4) is 0 Å². The van der Waals surface area contributed by atoms with Gasteiger partial charge in [-0.15, -0.1) is 0 Å². The fourth-order valence-corrected chi connectivity index (χ4v) is 6.54. The molecule has 0 aromatic heterocycles. The number of hydrogen-bond acceptors (Lipinski definition) is 4. The van der Waals surface area contributed by atoms with Crippen molar-refractivity contribution in [3.8, 4) is 0 Å². The first-order valence-electron chi connectivity index (χ1n) is 13.9. The summed E-state index contributed by atoms with van der Waals surface area (Å²) in [6, 6.07) is 24.1. The Hall–Kier alpha value is -3.92. The van der Waals surface area contributed by atoms with Crippen molar-refractivity contribution >= 4 is 50.7 Å². The summed E-state index contributed by atoms with van der Waals surface area (Å²) in [5, 5.41) is 3.50. The standard InChI is InChI=1S/C33H32Cl2FN3O4S/c1-3-37-33(41)31(19-24-7-5-4-6-8-24)38(21-25-11-12-26(34)20-30(25)35)32(40)22-39(28-15-9-23(2)10-16-28)44(42,43)29-17-13-27(36)14-18-29/h4-18,20,31H,3,19,21-22H2,1-2H3,(H,37,41)/t31-/m0/s1. The van der Waals surface area contributed by atoms with Gasteiger partial charge in [-0.25, -0.2) is 12.8 Å². The SMILES string of the molecule is CCNC(=O)[C@H](Cc1ccccc1)N(Cc1ccc(Cl)cc1Cl)C(=O)CN(c1ccc(C)cc1)S(=O)(=O)c1ccc(F)cc1. The Morgan fingerprint density at radius 1 is 0.909 bits per heavy atom. The summed E-state index contributed by atoms with van der Waals surface area (Å²) in [4.78, 5) is 29.1. The largest absolute Gasteiger partial charge is 0.355 e. The van der Waals surface area contributed by atoms with Crippen LogP contribution in [0.25, 0.3) is 0 Å². The topological polar surface area (TPSA) is 86.8 Å². The molecule has 7 nitrogen and oxygen atoms in total. The Balaban J connectivity index is 1.81. The number of halogens is 3. The van der Waals surface area contributed by atoms with Gasteiger partial charge >= 0.3 is 0 Å². The lowest BCUT2D eigenvalue weighted by atomic mass is 10.0. The summed E-state index contributed by atoms with van der Waals surface area (Å²) in [7, 11) is -4.34. The molecule has 0 saturated heterocycles. The van der Waals surface area contributed by atoms with Gasteiger partial charge in [-0.3, -0.25) is 13.9 Å². The minimum atomic E-state index is -4.34. The highest BCUT2D eigenvalue weighted by atomic mass is 35.5. The first-order valence-corrected chi connectivity index (χ1v) is 16.1. The first-order chi connectivity index (χ1) is 21.0. The summed E-state index contributed by atoms with van der Waals surface area (Å²) in [6.07, 6.45) is 0.166. The fraction of sp³-hybridized carbons (Fsp3) is 0.212. The van der Waals surface area contributed by atoms with Crippen LogP contribution in [0.2, 0.25) is 10.0 Å². The van der Waals surface area contributed by atoms with Crippen molar-refractivity contribution in [3.63, 3.8) is 0 Å². The highest BCUT2D eigenvalue weighted by Crippen LogP contribution is 2.27. The molecule has 2 amide bonds. The minimum absolute atomic E-state index is 0.0954. The third-order valence-corrected chi connectivity index (χ3v) is 9.36. The summed E-state index contributed by atoms with van der Waals surface area (Å²) in [5.74, 6) is -1.65. The summed E-state index contributed by atoms with van der Waals surface area (Å²) in [6.45, 7) is 3.21. The van der Waals surface area contributed by atoms with Crippen LogP contribution in [0.15, 0.2) is 102 Å². The van der Waals surface area contributed by atoms with Crippen LogP contribution in [-0.4, -0.2) is 44.3 Å². The van der Waals surface area contributed by atoms with Crippen molar-refractivity contribution in [2.24, 2.45) is 0 Å². The maximum atomic E-state index is 14.4. The normalized spacial score (nSPS) is 11.9. The second-order valence-electron chi connectivity index (χ2n) is 10.2. The number of nitrogens with zero attached hydrogens (tertiary/aromatic N) is 2. The molecule has 0 saturated carbocycles. The van der Waals surface area contributed by atoms with E-state index in [1.807, 2.05) is 37.3 Å². The summed E-state index contributed by atoms with van der Waals surface area (Å²) >= 11 is 12.6. The molecule has 1 atom stereocenters.